The van der Waals surface area contributed by atoms with Crippen LogP contribution in [0.3, 0.4) is 0 Å². The number of hydrogen-bond acceptors (Lipinski definition) is 7. The zero-order chi connectivity index (χ0) is 22.1. The van der Waals surface area contributed by atoms with Gasteiger partial charge in [0.05, 0.1) is 4.92 Å². The molecule has 2 amide bonds. The second-order valence-corrected chi connectivity index (χ2v) is 8.12. The number of aromatic nitrogens is 2. The fourth-order valence-electron chi connectivity index (χ4n) is 3.16. The maximum atomic E-state index is 13.1. The van der Waals surface area contributed by atoms with Crippen molar-refractivity contribution in [3.63, 3.8) is 0 Å². The number of anilines is 2. The van der Waals surface area contributed by atoms with Crippen molar-refractivity contribution in [2.75, 3.05) is 16.8 Å². The van der Waals surface area contributed by atoms with Crippen LogP contribution in [0.4, 0.5) is 20.9 Å². The lowest BCUT2D eigenvalue weighted by Crippen LogP contribution is -2.24. The molecule has 0 spiro atoms. The van der Waals surface area contributed by atoms with Crippen LogP contribution in [0.25, 0.3) is 0 Å². The van der Waals surface area contributed by atoms with Crippen LogP contribution in [0.1, 0.15) is 27.7 Å². The summed E-state index contributed by atoms with van der Waals surface area (Å²) in [5.74, 6) is -1.33. The molecule has 1 N–H and O–H groups in total. The average molecular weight is 462 g/mol. The van der Waals surface area contributed by atoms with Crippen molar-refractivity contribution in [1.82, 2.24) is 10.2 Å². The molecule has 9 nitrogen and oxygen atoms in total. The van der Waals surface area contributed by atoms with Gasteiger partial charge in [0.1, 0.15) is 15.8 Å². The summed E-state index contributed by atoms with van der Waals surface area (Å²) >= 11 is 6.88. The Kier molecular flexibility index (Phi) is 5.61. The van der Waals surface area contributed by atoms with E-state index in [4.69, 9.17) is 11.6 Å². The van der Waals surface area contributed by atoms with Gasteiger partial charge in [0.25, 0.3) is 11.6 Å². The van der Waals surface area contributed by atoms with Gasteiger partial charge in [0.15, 0.2) is 0 Å². The van der Waals surface area contributed by atoms with Crippen LogP contribution in [0.5, 0.6) is 0 Å². The molecule has 1 saturated heterocycles. The van der Waals surface area contributed by atoms with E-state index in [9.17, 15) is 24.1 Å². The maximum Gasteiger partial charge on any atom is 0.288 e. The summed E-state index contributed by atoms with van der Waals surface area (Å²) in [5, 5.41) is 22.2. The maximum absolute atomic E-state index is 13.1. The first kappa shape index (κ1) is 20.8. The summed E-state index contributed by atoms with van der Waals surface area (Å²) < 4.78 is 13.1. The molecule has 12 heteroatoms. The highest BCUT2D eigenvalue weighted by Gasteiger charge is 2.34. The number of nitro benzene ring substituents is 1. The summed E-state index contributed by atoms with van der Waals surface area (Å²) in [6.07, 6.45) is 0.212. The zero-order valence-corrected chi connectivity index (χ0v) is 17.2. The van der Waals surface area contributed by atoms with E-state index in [0.29, 0.717) is 17.2 Å². The number of carbonyl (C=O) groups excluding carboxylic acids is 2. The number of rotatable bonds is 5. The first-order chi connectivity index (χ1) is 14.8. The van der Waals surface area contributed by atoms with Crippen LogP contribution in [-0.2, 0) is 4.79 Å². The van der Waals surface area contributed by atoms with Gasteiger partial charge in [-0.15, -0.1) is 10.2 Å². The van der Waals surface area contributed by atoms with Crippen molar-refractivity contribution < 1.29 is 18.9 Å². The summed E-state index contributed by atoms with van der Waals surface area (Å²) in [5.41, 5.74) is 0.264. The second kappa shape index (κ2) is 8.36. The molecule has 0 bridgehead atoms. The summed E-state index contributed by atoms with van der Waals surface area (Å²) in [4.78, 5) is 36.7. The summed E-state index contributed by atoms with van der Waals surface area (Å²) in [6, 6.07) is 9.36. The van der Waals surface area contributed by atoms with Crippen molar-refractivity contribution in [2.45, 2.75) is 12.3 Å². The van der Waals surface area contributed by atoms with Gasteiger partial charge in [0, 0.05) is 36.2 Å². The number of benzene rings is 2. The lowest BCUT2D eigenvalue weighted by Gasteiger charge is -2.16. The SMILES string of the molecule is O=C(Nc1nnc(C2CC(=O)N(c3ccc(F)cc3)C2)s1)c1ccc(Cl)c([N+](=O)[O-])c1. The molecule has 2 aromatic carbocycles. The van der Waals surface area contributed by atoms with Crippen molar-refractivity contribution in [2.24, 2.45) is 0 Å². The number of nitrogens with zero attached hydrogens (tertiary/aromatic N) is 4. The Bertz CT molecular complexity index is 1190. The standard InChI is InChI=1S/C19H13ClFN5O4S/c20-14-6-1-10(7-15(14)26(29)30)17(28)22-19-24-23-18(31-19)11-8-16(27)25(9-11)13-4-2-12(21)3-5-13/h1-7,11H,8-9H2,(H,22,24,28). The van der Waals surface area contributed by atoms with Crippen LogP contribution < -0.4 is 10.2 Å². The Balaban J connectivity index is 1.46. The predicted molar refractivity (Wildman–Crippen MR) is 112 cm³/mol. The quantitative estimate of drug-likeness (QED) is 0.453. The van der Waals surface area contributed by atoms with E-state index in [-0.39, 0.29) is 45.5 Å². The Hall–Kier alpha value is -3.44. The third-order valence-electron chi connectivity index (χ3n) is 4.68. The van der Waals surface area contributed by atoms with Crippen molar-refractivity contribution >= 4 is 51.3 Å². The molecule has 3 aromatic rings. The minimum absolute atomic E-state index is 0.0476. The molecule has 1 unspecified atom stereocenters. The van der Waals surface area contributed by atoms with E-state index >= 15 is 0 Å². The first-order valence-electron chi connectivity index (χ1n) is 8.96. The largest absolute Gasteiger partial charge is 0.312 e. The van der Waals surface area contributed by atoms with Gasteiger partial charge >= 0.3 is 0 Å². The monoisotopic (exact) mass is 461 g/mol. The molecule has 1 aromatic heterocycles. The average Bonchev–Trinajstić information content (AvgIpc) is 3.35. The molecular formula is C19H13ClFN5O4S. The summed E-state index contributed by atoms with van der Waals surface area (Å²) in [6.45, 7) is 0.358. The van der Waals surface area contributed by atoms with E-state index in [1.807, 2.05) is 0 Å². The molecule has 4 rings (SSSR count). The highest BCUT2D eigenvalue weighted by molar-refractivity contribution is 7.15. The minimum atomic E-state index is -0.674. The Morgan fingerprint density at radius 2 is 2.00 bits per heavy atom. The fraction of sp³-hybridized carbons (Fsp3) is 0.158. The molecule has 0 saturated carbocycles. The van der Waals surface area contributed by atoms with Gasteiger partial charge in [0.2, 0.25) is 11.0 Å². The van der Waals surface area contributed by atoms with Gasteiger partial charge in [-0.2, -0.15) is 0 Å². The van der Waals surface area contributed by atoms with E-state index in [0.717, 1.165) is 17.4 Å². The van der Waals surface area contributed by atoms with E-state index in [1.165, 1.54) is 36.4 Å². The molecule has 31 heavy (non-hydrogen) atoms. The molecule has 0 radical (unpaired) electrons. The predicted octanol–water partition coefficient (Wildman–Crippen LogP) is 4.01. The molecular weight excluding hydrogens is 449 g/mol. The Labute approximate surface area is 183 Å². The fourth-order valence-corrected chi connectivity index (χ4v) is 4.17. The van der Waals surface area contributed by atoms with Crippen molar-refractivity contribution in [3.8, 4) is 0 Å². The second-order valence-electron chi connectivity index (χ2n) is 6.70. The lowest BCUT2D eigenvalue weighted by molar-refractivity contribution is -0.384. The Morgan fingerprint density at radius 3 is 2.71 bits per heavy atom. The van der Waals surface area contributed by atoms with Crippen LogP contribution in [0.2, 0.25) is 5.02 Å². The number of amides is 2. The van der Waals surface area contributed by atoms with E-state index in [2.05, 4.69) is 15.5 Å². The normalized spacial score (nSPS) is 15.9. The van der Waals surface area contributed by atoms with Crippen LogP contribution in [0.15, 0.2) is 42.5 Å². The van der Waals surface area contributed by atoms with Gasteiger partial charge in [-0.1, -0.05) is 22.9 Å². The molecule has 1 fully saturated rings. The minimum Gasteiger partial charge on any atom is -0.312 e. The van der Waals surface area contributed by atoms with Crippen LogP contribution in [-0.4, -0.2) is 33.5 Å². The van der Waals surface area contributed by atoms with E-state index < -0.39 is 10.8 Å². The van der Waals surface area contributed by atoms with Gasteiger partial charge in [-0.05, 0) is 36.4 Å². The number of halogens is 2. The highest BCUT2D eigenvalue weighted by Crippen LogP contribution is 2.34. The smallest absolute Gasteiger partial charge is 0.288 e. The van der Waals surface area contributed by atoms with E-state index in [1.54, 1.807) is 4.90 Å². The molecule has 1 atom stereocenters. The van der Waals surface area contributed by atoms with Crippen LogP contribution in [0, 0.1) is 15.9 Å². The third-order valence-corrected chi connectivity index (χ3v) is 6.00. The molecule has 2 heterocycles. The highest BCUT2D eigenvalue weighted by atomic mass is 35.5. The summed E-state index contributed by atoms with van der Waals surface area (Å²) in [7, 11) is 0. The number of hydrogen-bond donors (Lipinski definition) is 1. The van der Waals surface area contributed by atoms with Crippen molar-refractivity contribution in [3.05, 3.63) is 74.0 Å². The third kappa shape index (κ3) is 4.37. The van der Waals surface area contributed by atoms with Gasteiger partial charge in [-0.3, -0.25) is 25.0 Å². The zero-order valence-electron chi connectivity index (χ0n) is 15.6. The van der Waals surface area contributed by atoms with Gasteiger partial charge in [-0.25, -0.2) is 4.39 Å². The number of carbonyl (C=O) groups is 2. The first-order valence-corrected chi connectivity index (χ1v) is 10.2. The molecule has 158 valence electrons. The molecule has 1 aliphatic heterocycles. The van der Waals surface area contributed by atoms with Gasteiger partial charge < -0.3 is 4.90 Å². The lowest BCUT2D eigenvalue weighted by atomic mass is 10.1. The van der Waals surface area contributed by atoms with Crippen LogP contribution >= 0.6 is 22.9 Å². The number of nitrogens with one attached hydrogen (secondary N) is 1. The topological polar surface area (TPSA) is 118 Å². The number of nitro groups is 1. The van der Waals surface area contributed by atoms with Crippen molar-refractivity contribution in [1.29, 1.82) is 0 Å². The Morgan fingerprint density at radius 1 is 1.26 bits per heavy atom. The molecule has 0 aliphatic carbocycles. The molecule has 1 aliphatic rings.